The van der Waals surface area contributed by atoms with Crippen LogP contribution in [-0.2, 0) is 9.47 Å². The largest absolute Gasteiger partial charge is 0.494 e. The number of rotatable bonds is 44. The van der Waals surface area contributed by atoms with Gasteiger partial charge in [0.15, 0.2) is 0 Å². The van der Waals surface area contributed by atoms with Crippen LogP contribution in [0, 0.1) is 25.7 Å². The maximum absolute atomic E-state index is 12.4. The molecule has 0 fully saturated rings. The van der Waals surface area contributed by atoms with Crippen LogP contribution in [0.15, 0.2) is 168 Å². The smallest absolute Gasteiger partial charge is 0.338 e. The third-order valence-electron chi connectivity index (χ3n) is 17.1. The first-order valence-corrected chi connectivity index (χ1v) is 34.7. The lowest BCUT2D eigenvalue weighted by molar-refractivity contribution is 0.0438. The third kappa shape index (κ3) is 26.7. The van der Waals surface area contributed by atoms with Gasteiger partial charge in [-0.05, 0) is 205 Å². The predicted molar refractivity (Wildman–Crippen MR) is 381 cm³/mol. The average molecular weight is 1250 g/mol. The van der Waals surface area contributed by atoms with Crippen molar-refractivity contribution >= 4 is 35.7 Å². The molecule has 92 heavy (non-hydrogen) atoms. The molecule has 0 bridgehead atoms. The predicted octanol–water partition coefficient (Wildman–Crippen LogP) is 22.3. The van der Waals surface area contributed by atoms with E-state index in [-0.39, 0.29) is 11.9 Å². The van der Waals surface area contributed by atoms with Gasteiger partial charge in [0.25, 0.3) is 0 Å². The molecule has 2 atom stereocenters. The average Bonchev–Trinajstić information content (AvgIpc) is 1.72. The number of nitrogens with zero attached hydrogens (tertiary/aromatic N) is 2. The summed E-state index contributed by atoms with van der Waals surface area (Å²) >= 11 is 0. The van der Waals surface area contributed by atoms with E-state index < -0.39 is 0 Å². The summed E-state index contributed by atoms with van der Waals surface area (Å²) in [6, 6.07) is 52.2. The van der Waals surface area contributed by atoms with Crippen molar-refractivity contribution in [1.82, 2.24) is 0 Å². The highest BCUT2D eigenvalue weighted by molar-refractivity contribution is 5.91. The van der Waals surface area contributed by atoms with Gasteiger partial charge in [0.2, 0.25) is 0 Å². The Morgan fingerprint density at radius 2 is 0.641 bits per heavy atom. The van der Waals surface area contributed by atoms with Crippen LogP contribution < -0.4 is 18.9 Å². The van der Waals surface area contributed by atoms with Crippen molar-refractivity contribution < 1.29 is 38.0 Å². The topological polar surface area (TPSA) is 114 Å². The zero-order chi connectivity index (χ0) is 64.8. The number of aliphatic imine (C=N–C) groups is 2. The zero-order valence-electron chi connectivity index (χ0n) is 56.3. The molecule has 490 valence electrons. The van der Waals surface area contributed by atoms with Crippen molar-refractivity contribution in [3.8, 4) is 45.3 Å². The van der Waals surface area contributed by atoms with Gasteiger partial charge in [0.1, 0.15) is 23.0 Å². The van der Waals surface area contributed by atoms with Gasteiger partial charge in [0.05, 0.1) is 62.1 Å². The van der Waals surface area contributed by atoms with Crippen molar-refractivity contribution in [2.45, 2.75) is 183 Å². The minimum Gasteiger partial charge on any atom is -0.494 e. The number of ether oxygens (including phenoxy) is 6. The summed E-state index contributed by atoms with van der Waals surface area (Å²) in [5.74, 6) is 3.87. The molecule has 0 saturated heterocycles. The summed E-state index contributed by atoms with van der Waals surface area (Å²) in [6.45, 7) is 16.4. The number of carbonyl (C=O) groups excluding carboxylic acids is 2. The lowest BCUT2D eigenvalue weighted by Crippen LogP contribution is -2.11. The Morgan fingerprint density at radius 1 is 0.359 bits per heavy atom. The molecule has 2 unspecified atom stereocenters. The summed E-state index contributed by atoms with van der Waals surface area (Å²) < 4.78 is 35.3. The second kappa shape index (κ2) is 41.5. The highest BCUT2D eigenvalue weighted by Crippen LogP contribution is 2.28. The summed E-state index contributed by atoms with van der Waals surface area (Å²) in [5.41, 5.74) is 11.5. The van der Waals surface area contributed by atoms with Gasteiger partial charge in [-0.25, -0.2) is 9.59 Å². The number of benzene rings is 7. The quantitative estimate of drug-likeness (QED) is 0.0211. The maximum atomic E-state index is 12.4. The van der Waals surface area contributed by atoms with Gasteiger partial charge in [-0.2, -0.15) is 0 Å². The van der Waals surface area contributed by atoms with Crippen LogP contribution in [0.25, 0.3) is 22.3 Å². The zero-order valence-corrected chi connectivity index (χ0v) is 56.3. The van der Waals surface area contributed by atoms with Crippen LogP contribution in [0.3, 0.4) is 0 Å². The third-order valence-corrected chi connectivity index (χ3v) is 17.1. The van der Waals surface area contributed by atoms with Crippen LogP contribution in [0.2, 0.25) is 0 Å². The van der Waals surface area contributed by atoms with Gasteiger partial charge in [-0.3, -0.25) is 9.98 Å². The van der Waals surface area contributed by atoms with Crippen molar-refractivity contribution in [3.63, 3.8) is 0 Å². The molecular formula is C82H104N2O8. The van der Waals surface area contributed by atoms with Gasteiger partial charge in [-0.1, -0.05) is 192 Å². The SMILES string of the molecule is CCC(C)COC(=O)c1ccc(-c2ccc(OCCCCCCCCCCCCOc3ccc(C=Nc4ccc(N=Cc5ccc(OCCCCCCCCCCCCOc6ccc(-c7ccc(C(=O)OCC(C)CC)cc7)cc6)c(C)c5)cc4)cc3C)cc2)cc1. The number of hydrogen-bond acceptors (Lipinski definition) is 10. The number of carbonyl (C=O) groups is 2. The molecule has 0 aliphatic rings. The van der Waals surface area contributed by atoms with Crippen molar-refractivity contribution in [1.29, 1.82) is 0 Å². The second-order valence-electron chi connectivity index (χ2n) is 25.0. The molecule has 7 rings (SSSR count). The van der Waals surface area contributed by atoms with E-state index in [4.69, 9.17) is 38.4 Å². The van der Waals surface area contributed by atoms with E-state index >= 15 is 0 Å². The van der Waals surface area contributed by atoms with Gasteiger partial charge in [-0.15, -0.1) is 0 Å². The van der Waals surface area contributed by atoms with Crippen molar-refractivity contribution in [2.24, 2.45) is 21.8 Å². The summed E-state index contributed by atoms with van der Waals surface area (Å²) in [7, 11) is 0. The van der Waals surface area contributed by atoms with Crippen molar-refractivity contribution in [2.75, 3.05) is 39.6 Å². The fourth-order valence-electron chi connectivity index (χ4n) is 10.7. The van der Waals surface area contributed by atoms with E-state index in [1.807, 2.05) is 109 Å². The first-order chi connectivity index (χ1) is 45.0. The lowest BCUT2D eigenvalue weighted by atomic mass is 10.0. The molecule has 0 N–H and O–H groups in total. The summed E-state index contributed by atoms with van der Waals surface area (Å²) in [6.07, 6.45) is 30.2. The maximum Gasteiger partial charge on any atom is 0.338 e. The molecule has 7 aromatic rings. The van der Waals surface area contributed by atoms with Crippen LogP contribution in [-0.4, -0.2) is 64.0 Å². The van der Waals surface area contributed by atoms with E-state index in [9.17, 15) is 9.59 Å². The number of unbranched alkanes of at least 4 members (excludes halogenated alkanes) is 18. The molecule has 7 aromatic carbocycles. The molecule has 10 nitrogen and oxygen atoms in total. The van der Waals surface area contributed by atoms with Crippen molar-refractivity contribution in [3.05, 3.63) is 191 Å². The van der Waals surface area contributed by atoms with Gasteiger partial charge < -0.3 is 28.4 Å². The minimum atomic E-state index is -0.266. The normalized spacial score (nSPS) is 12.1. The fraction of sp³-hybridized carbons (Fsp3) is 0.439. The highest BCUT2D eigenvalue weighted by Gasteiger charge is 2.13. The van der Waals surface area contributed by atoms with E-state index in [0.717, 1.165) is 144 Å². The minimum absolute atomic E-state index is 0.266. The molecular weight excluding hydrogens is 1140 g/mol. The first-order valence-electron chi connectivity index (χ1n) is 34.7. The molecule has 10 heteroatoms. The molecule has 0 spiro atoms. The Bertz CT molecular complexity index is 3040. The van der Waals surface area contributed by atoms with Crippen LogP contribution in [0.5, 0.6) is 23.0 Å². The molecule has 0 amide bonds. The Hall–Kier alpha value is -7.98. The second-order valence-corrected chi connectivity index (χ2v) is 25.0. The van der Waals surface area contributed by atoms with Gasteiger partial charge >= 0.3 is 11.9 Å². The first kappa shape index (κ1) is 71.5. The Morgan fingerprint density at radius 3 is 0.935 bits per heavy atom. The Kier molecular flexibility index (Phi) is 32.2. The number of hydrogen-bond donors (Lipinski definition) is 0. The Labute approximate surface area is 551 Å². The Balaban J connectivity index is 0.642. The lowest BCUT2D eigenvalue weighted by Gasteiger charge is -2.10. The van der Waals surface area contributed by atoms with Gasteiger partial charge in [0, 0.05) is 12.4 Å². The molecule has 0 heterocycles. The van der Waals surface area contributed by atoms with E-state index in [2.05, 4.69) is 102 Å². The van der Waals surface area contributed by atoms with Crippen LogP contribution in [0.1, 0.15) is 212 Å². The fourth-order valence-corrected chi connectivity index (χ4v) is 10.7. The molecule has 0 aliphatic heterocycles. The van der Waals surface area contributed by atoms with E-state index in [1.54, 1.807) is 0 Å². The summed E-state index contributed by atoms with van der Waals surface area (Å²) in [5, 5.41) is 0. The number of esters is 2. The van der Waals surface area contributed by atoms with E-state index in [0.29, 0.717) is 36.2 Å². The van der Waals surface area contributed by atoms with Crippen LogP contribution >= 0.6 is 0 Å². The van der Waals surface area contributed by atoms with E-state index in [1.165, 1.54) is 103 Å². The molecule has 0 aromatic heterocycles. The molecule has 0 aliphatic carbocycles. The highest BCUT2D eigenvalue weighted by atomic mass is 16.5. The monoisotopic (exact) mass is 1240 g/mol. The molecule has 0 radical (unpaired) electrons. The molecule has 0 saturated carbocycles. The standard InChI is InChI=1S/C82H104N2O8/c1-7-63(3)61-91-81(85)73-35-31-69(32-36-73)71-39-47-77(48-40-71)87-53-25-21-17-13-9-11-15-19-23-27-55-89-79-51-29-67(57-65(79)5)59-83-75-43-45-76(46-44-75)84-60-68-30-52-80(66(6)58-68)90-56-28-24-20-16-12-10-14-18-22-26-54-88-78-49-41-72(42-50-78)70-33-37-74(38-34-70)82(86)92-62-64(4)8-2/h29-52,57-60,63-64H,7-28,53-56,61-62H2,1-6H3. The number of aryl methyl sites for hydroxylation is 2. The summed E-state index contributed by atoms with van der Waals surface area (Å²) in [4.78, 5) is 34.2. The van der Waals surface area contributed by atoms with Crippen LogP contribution in [0.4, 0.5) is 11.4 Å².